The van der Waals surface area contributed by atoms with E-state index in [-0.39, 0.29) is 0 Å². The van der Waals surface area contributed by atoms with E-state index in [0.29, 0.717) is 11.3 Å². The van der Waals surface area contributed by atoms with E-state index >= 15 is 0 Å². The van der Waals surface area contributed by atoms with Gasteiger partial charge in [-0.2, -0.15) is 0 Å². The van der Waals surface area contributed by atoms with Crippen molar-refractivity contribution in [2.24, 2.45) is 11.3 Å². The van der Waals surface area contributed by atoms with Crippen LogP contribution in [0.1, 0.15) is 86.0 Å². The minimum absolute atomic E-state index is 0.297. The van der Waals surface area contributed by atoms with Crippen molar-refractivity contribution in [3.8, 4) is 0 Å². The van der Waals surface area contributed by atoms with Gasteiger partial charge in [-0.25, -0.2) is 0 Å². The largest absolute Gasteiger partial charge is 0.407 e. The monoisotopic (exact) mass is 454 g/mol. The highest BCUT2D eigenvalue weighted by Crippen LogP contribution is 2.25. The number of hydrogen-bond acceptors (Lipinski definition) is 2. The number of unbranched alkanes of at least 4 members (excludes halogenated alkanes) is 6. The Hall–Kier alpha value is -1.42. The predicted octanol–water partition coefficient (Wildman–Crippen LogP) is 7.10. The molecule has 178 valence electrons. The molecule has 0 saturated carbocycles. The van der Waals surface area contributed by atoms with Crippen molar-refractivity contribution < 1.29 is 8.85 Å². The van der Waals surface area contributed by atoms with E-state index in [1.54, 1.807) is 0 Å². The molecule has 0 saturated heterocycles. The molecule has 2 aromatic rings. The van der Waals surface area contributed by atoms with Gasteiger partial charge in [-0.3, -0.25) is 0 Å². The highest BCUT2D eigenvalue weighted by Gasteiger charge is 2.43. The van der Waals surface area contributed by atoms with Gasteiger partial charge in [0.25, 0.3) is 0 Å². The Balaban J connectivity index is 2.15. The topological polar surface area (TPSA) is 18.5 Å². The van der Waals surface area contributed by atoms with Gasteiger partial charge < -0.3 is 8.85 Å². The molecule has 0 aliphatic carbocycles. The Bertz CT molecular complexity index is 684. The van der Waals surface area contributed by atoms with Gasteiger partial charge in [0.1, 0.15) is 0 Å². The molecule has 3 heteroatoms. The summed E-state index contributed by atoms with van der Waals surface area (Å²) in [4.78, 5) is 0. The first-order valence-corrected chi connectivity index (χ1v) is 14.6. The zero-order valence-corrected chi connectivity index (χ0v) is 22.2. The van der Waals surface area contributed by atoms with E-state index in [2.05, 4.69) is 95.3 Å². The third-order valence-electron chi connectivity index (χ3n) is 5.89. The van der Waals surface area contributed by atoms with Crippen molar-refractivity contribution in [3.05, 3.63) is 60.7 Å². The molecule has 0 aromatic heterocycles. The van der Waals surface area contributed by atoms with Crippen molar-refractivity contribution in [3.63, 3.8) is 0 Å². The summed E-state index contributed by atoms with van der Waals surface area (Å²) in [5.41, 5.74) is 0.297. The summed E-state index contributed by atoms with van der Waals surface area (Å²) in [5.74, 6) is 0.483. The smallest absolute Gasteiger partial charge is 0.388 e. The van der Waals surface area contributed by atoms with Gasteiger partial charge in [-0.1, -0.05) is 134 Å². The Morgan fingerprint density at radius 1 is 0.719 bits per heavy atom. The Kier molecular flexibility index (Phi) is 11.7. The summed E-state index contributed by atoms with van der Waals surface area (Å²) in [7, 11) is -2.77. The second-order valence-corrected chi connectivity index (χ2v) is 13.5. The van der Waals surface area contributed by atoms with Crippen LogP contribution in [0.5, 0.6) is 0 Å². The molecule has 2 aromatic carbocycles. The summed E-state index contributed by atoms with van der Waals surface area (Å²) < 4.78 is 13.7. The zero-order chi connectivity index (χ0) is 23.3. The van der Waals surface area contributed by atoms with Crippen LogP contribution in [0.2, 0.25) is 0 Å². The third-order valence-corrected chi connectivity index (χ3v) is 9.26. The molecular weight excluding hydrogens is 408 g/mol. The summed E-state index contributed by atoms with van der Waals surface area (Å²) in [6.07, 6.45) is 10.1. The summed E-state index contributed by atoms with van der Waals surface area (Å²) in [6.45, 7) is 13.0. The van der Waals surface area contributed by atoms with Gasteiger partial charge in [0, 0.05) is 13.2 Å². The molecule has 0 spiro atoms. The standard InChI is InChI=1S/C29H46O2Si/c1-6-7-8-9-10-11-18-23-30-32(27-19-14-12-15-20-27,28-21-16-13-17-22-28)31-25-26(2)24-29(3,4)5/h12-17,19-22,26H,6-11,18,23-25H2,1-5H3. The van der Waals surface area contributed by atoms with Crippen molar-refractivity contribution >= 4 is 18.9 Å². The molecule has 0 amide bonds. The van der Waals surface area contributed by atoms with Crippen LogP contribution in [-0.4, -0.2) is 21.8 Å². The SMILES string of the molecule is CCCCCCCCCO[Si](OCC(C)CC(C)(C)C)(c1ccccc1)c1ccccc1. The van der Waals surface area contributed by atoms with E-state index in [1.165, 1.54) is 48.9 Å². The van der Waals surface area contributed by atoms with E-state index < -0.39 is 8.56 Å². The second-order valence-electron chi connectivity index (χ2n) is 10.5. The zero-order valence-electron chi connectivity index (χ0n) is 21.2. The highest BCUT2D eigenvalue weighted by atomic mass is 28.4. The molecule has 0 aliphatic heterocycles. The fourth-order valence-corrected chi connectivity index (χ4v) is 7.79. The summed E-state index contributed by atoms with van der Waals surface area (Å²) in [5, 5.41) is 2.41. The minimum atomic E-state index is -2.77. The first-order chi connectivity index (χ1) is 15.4. The lowest BCUT2D eigenvalue weighted by Gasteiger charge is -2.33. The van der Waals surface area contributed by atoms with Crippen LogP contribution in [0.3, 0.4) is 0 Å². The first-order valence-electron chi connectivity index (χ1n) is 12.8. The third kappa shape index (κ3) is 9.21. The minimum Gasteiger partial charge on any atom is -0.388 e. The highest BCUT2D eigenvalue weighted by molar-refractivity contribution is 6.92. The van der Waals surface area contributed by atoms with Crippen molar-refractivity contribution in [1.29, 1.82) is 0 Å². The molecule has 0 bridgehead atoms. The quantitative estimate of drug-likeness (QED) is 0.211. The molecule has 0 heterocycles. The molecule has 1 atom stereocenters. The lowest BCUT2D eigenvalue weighted by molar-refractivity contribution is 0.148. The fraction of sp³-hybridized carbons (Fsp3) is 0.586. The molecule has 0 radical (unpaired) electrons. The number of rotatable bonds is 15. The van der Waals surface area contributed by atoms with Crippen LogP contribution in [0.15, 0.2) is 60.7 Å². The van der Waals surface area contributed by atoms with Gasteiger partial charge in [0.15, 0.2) is 0 Å². The summed E-state index contributed by atoms with van der Waals surface area (Å²) >= 11 is 0. The van der Waals surface area contributed by atoms with Gasteiger partial charge in [0.05, 0.1) is 0 Å². The van der Waals surface area contributed by atoms with Crippen molar-refractivity contribution in [2.45, 2.75) is 86.0 Å². The van der Waals surface area contributed by atoms with Crippen LogP contribution in [0.25, 0.3) is 0 Å². The molecule has 2 nitrogen and oxygen atoms in total. The van der Waals surface area contributed by atoms with E-state index in [0.717, 1.165) is 26.1 Å². The van der Waals surface area contributed by atoms with Crippen LogP contribution in [0.4, 0.5) is 0 Å². The molecule has 0 fully saturated rings. The molecule has 0 N–H and O–H groups in total. The van der Waals surface area contributed by atoms with Crippen LogP contribution >= 0.6 is 0 Å². The molecule has 32 heavy (non-hydrogen) atoms. The van der Waals surface area contributed by atoms with Crippen LogP contribution in [-0.2, 0) is 8.85 Å². The first kappa shape index (κ1) is 26.8. The molecule has 1 unspecified atom stereocenters. The number of benzene rings is 2. The second kappa shape index (κ2) is 14.0. The van der Waals surface area contributed by atoms with Gasteiger partial charge in [0.2, 0.25) is 0 Å². The Morgan fingerprint density at radius 2 is 1.22 bits per heavy atom. The van der Waals surface area contributed by atoms with Gasteiger partial charge in [-0.05, 0) is 34.5 Å². The molecule has 2 rings (SSSR count). The van der Waals surface area contributed by atoms with Crippen molar-refractivity contribution in [1.82, 2.24) is 0 Å². The molecule has 0 aliphatic rings. The Labute approximate surface area is 199 Å². The fourth-order valence-electron chi connectivity index (χ4n) is 4.50. The average Bonchev–Trinajstić information content (AvgIpc) is 2.78. The maximum absolute atomic E-state index is 6.89. The van der Waals surface area contributed by atoms with Crippen LogP contribution in [0, 0.1) is 11.3 Å². The maximum atomic E-state index is 6.89. The van der Waals surface area contributed by atoms with E-state index in [1.807, 2.05) is 0 Å². The van der Waals surface area contributed by atoms with Crippen molar-refractivity contribution in [2.75, 3.05) is 13.2 Å². The maximum Gasteiger partial charge on any atom is 0.407 e. The molecular formula is C29H46O2Si. The Morgan fingerprint density at radius 3 is 1.72 bits per heavy atom. The van der Waals surface area contributed by atoms with Crippen LogP contribution < -0.4 is 10.4 Å². The number of hydrogen-bond donors (Lipinski definition) is 0. The lowest BCUT2D eigenvalue weighted by Crippen LogP contribution is -2.64. The van der Waals surface area contributed by atoms with E-state index in [9.17, 15) is 0 Å². The van der Waals surface area contributed by atoms with Gasteiger partial charge >= 0.3 is 8.56 Å². The van der Waals surface area contributed by atoms with Gasteiger partial charge in [-0.15, -0.1) is 0 Å². The normalized spacial score (nSPS) is 13.3. The predicted molar refractivity (Wildman–Crippen MR) is 141 cm³/mol. The average molecular weight is 455 g/mol. The summed E-state index contributed by atoms with van der Waals surface area (Å²) in [6, 6.07) is 21.4. The lowest BCUT2D eigenvalue weighted by atomic mass is 9.86. The van der Waals surface area contributed by atoms with E-state index in [4.69, 9.17) is 8.85 Å².